The maximum absolute atomic E-state index is 10.8. The molecule has 0 aliphatic rings. The third kappa shape index (κ3) is 2.19. The summed E-state index contributed by atoms with van der Waals surface area (Å²) in [5.41, 5.74) is -2.41. The minimum absolute atomic E-state index is 0. The SMILES string of the molecule is O=c1[nH]c(=O)n(Br)c(=O)n1Br.[Na]. The molecule has 6 nitrogen and oxygen atoms in total. The van der Waals surface area contributed by atoms with Gasteiger partial charge in [-0.05, 0) is 0 Å². The van der Waals surface area contributed by atoms with Gasteiger partial charge in [-0.1, -0.05) is 0 Å². The average molecular weight is 310 g/mol. The molecule has 0 amide bonds. The Hall–Kier alpha value is 0.370. The van der Waals surface area contributed by atoms with Gasteiger partial charge in [0.1, 0.15) is 0 Å². The number of hydrogen-bond acceptors (Lipinski definition) is 3. The first-order valence-corrected chi connectivity index (χ1v) is 3.76. The van der Waals surface area contributed by atoms with Gasteiger partial charge in [-0.2, -0.15) is 7.19 Å². The summed E-state index contributed by atoms with van der Waals surface area (Å²) in [7, 11) is 0. The second-order valence-electron chi connectivity index (χ2n) is 1.58. The summed E-state index contributed by atoms with van der Waals surface area (Å²) < 4.78 is 1.17. The molecular formula is C3HBr2N3NaO3. The third-order valence-corrected chi connectivity index (χ3v) is 2.16. The molecule has 1 N–H and O–H groups in total. The summed E-state index contributed by atoms with van der Waals surface area (Å²) in [5, 5.41) is 0. The summed E-state index contributed by atoms with van der Waals surface area (Å²) in [6.07, 6.45) is 0. The van der Waals surface area contributed by atoms with Crippen LogP contribution in [-0.4, -0.2) is 41.7 Å². The zero-order valence-electron chi connectivity index (χ0n) is 5.88. The van der Waals surface area contributed by atoms with Crippen molar-refractivity contribution in [3.05, 3.63) is 31.5 Å². The second-order valence-corrected chi connectivity index (χ2v) is 3.00. The normalized spacial score (nSPS) is 9.17. The molecule has 0 atom stereocenters. The van der Waals surface area contributed by atoms with Crippen molar-refractivity contribution in [2.24, 2.45) is 0 Å². The van der Waals surface area contributed by atoms with E-state index in [-0.39, 0.29) is 29.6 Å². The Labute approximate surface area is 105 Å². The van der Waals surface area contributed by atoms with E-state index >= 15 is 0 Å². The molecule has 0 unspecified atom stereocenters. The van der Waals surface area contributed by atoms with Crippen LogP contribution in [0.1, 0.15) is 0 Å². The molecule has 1 aromatic rings. The van der Waals surface area contributed by atoms with E-state index < -0.39 is 17.1 Å². The minimum atomic E-state index is -0.810. The fourth-order valence-corrected chi connectivity index (χ4v) is 1.15. The molecule has 0 aromatic carbocycles. The van der Waals surface area contributed by atoms with Crippen LogP contribution in [0.5, 0.6) is 0 Å². The van der Waals surface area contributed by atoms with Crippen LogP contribution in [0.15, 0.2) is 14.4 Å². The number of halogens is 2. The van der Waals surface area contributed by atoms with E-state index in [0.717, 1.165) is 0 Å². The van der Waals surface area contributed by atoms with E-state index in [2.05, 4.69) is 32.3 Å². The second kappa shape index (κ2) is 4.56. The van der Waals surface area contributed by atoms with Crippen molar-refractivity contribution in [2.45, 2.75) is 0 Å². The van der Waals surface area contributed by atoms with Crippen LogP contribution >= 0.6 is 32.3 Å². The smallest absolute Gasteiger partial charge is 0.257 e. The first kappa shape index (κ1) is 12.4. The molecule has 9 heteroatoms. The minimum Gasteiger partial charge on any atom is -0.257 e. The van der Waals surface area contributed by atoms with E-state index in [1.807, 2.05) is 4.98 Å². The number of aromatic amines is 1. The van der Waals surface area contributed by atoms with Crippen LogP contribution < -0.4 is 17.1 Å². The van der Waals surface area contributed by atoms with E-state index in [9.17, 15) is 14.4 Å². The number of nitrogens with zero attached hydrogens (tertiary/aromatic N) is 2. The van der Waals surface area contributed by atoms with E-state index in [1.54, 1.807) is 0 Å². The Morgan fingerprint density at radius 3 is 1.67 bits per heavy atom. The first-order valence-electron chi connectivity index (χ1n) is 2.34. The fraction of sp³-hybridized carbons (Fsp3) is 0. The van der Waals surface area contributed by atoms with Gasteiger partial charge in [-0.15, -0.1) is 0 Å². The zero-order valence-corrected chi connectivity index (χ0v) is 11.0. The molecule has 0 aliphatic heterocycles. The van der Waals surface area contributed by atoms with Crippen LogP contribution in [0.25, 0.3) is 0 Å². The fourth-order valence-electron chi connectivity index (χ4n) is 0.440. The molecule has 1 aromatic heterocycles. The number of nitrogens with one attached hydrogen (secondary N) is 1. The Morgan fingerprint density at radius 2 is 1.33 bits per heavy atom. The van der Waals surface area contributed by atoms with Crippen molar-refractivity contribution in [1.29, 1.82) is 0 Å². The average Bonchev–Trinajstić information content (AvgIpc) is 1.97. The summed E-state index contributed by atoms with van der Waals surface area (Å²) in [6, 6.07) is 0. The molecule has 12 heavy (non-hydrogen) atoms. The van der Waals surface area contributed by atoms with Gasteiger partial charge in [0.25, 0.3) is 0 Å². The maximum atomic E-state index is 10.8. The van der Waals surface area contributed by atoms with E-state index in [4.69, 9.17) is 0 Å². The number of hydrogen-bond donors (Lipinski definition) is 1. The Morgan fingerprint density at radius 1 is 1.00 bits per heavy atom. The van der Waals surface area contributed by atoms with Gasteiger partial charge in [-0.3, -0.25) is 4.98 Å². The predicted octanol–water partition coefficient (Wildman–Crippen LogP) is -1.37. The molecular weight excluding hydrogens is 309 g/mol. The molecule has 0 spiro atoms. The molecule has 0 saturated heterocycles. The van der Waals surface area contributed by atoms with E-state index in [0.29, 0.717) is 7.19 Å². The number of rotatable bonds is 0. The summed E-state index contributed by atoms with van der Waals surface area (Å²) in [6.45, 7) is 0. The van der Waals surface area contributed by atoms with Crippen molar-refractivity contribution in [3.8, 4) is 0 Å². The molecule has 0 aliphatic carbocycles. The number of H-pyrrole nitrogens is 1. The standard InChI is InChI=1S/C3HBr2N3O3.Na/c4-7-1(9)6-2(10)8(5)3(7)11;/h(H,6,9,10);. The molecule has 61 valence electrons. The van der Waals surface area contributed by atoms with Crippen LogP contribution in [0, 0.1) is 0 Å². The quantitative estimate of drug-likeness (QED) is 0.601. The topological polar surface area (TPSA) is 76.9 Å². The van der Waals surface area contributed by atoms with Crippen LogP contribution in [-0.2, 0) is 0 Å². The molecule has 1 rings (SSSR count). The molecule has 0 saturated carbocycles. The van der Waals surface area contributed by atoms with Crippen molar-refractivity contribution >= 4 is 61.9 Å². The van der Waals surface area contributed by atoms with Gasteiger partial charge in [-0.25, -0.2) is 14.4 Å². The zero-order chi connectivity index (χ0) is 8.59. The Balaban J connectivity index is 0.00000121. The summed E-state index contributed by atoms with van der Waals surface area (Å²) in [4.78, 5) is 34.0. The van der Waals surface area contributed by atoms with Crippen molar-refractivity contribution in [1.82, 2.24) is 12.2 Å². The van der Waals surface area contributed by atoms with Crippen molar-refractivity contribution in [3.63, 3.8) is 0 Å². The van der Waals surface area contributed by atoms with Gasteiger partial charge in [0.15, 0.2) is 0 Å². The van der Waals surface area contributed by atoms with Gasteiger partial charge >= 0.3 is 17.1 Å². The van der Waals surface area contributed by atoms with E-state index in [1.165, 1.54) is 0 Å². The van der Waals surface area contributed by atoms with Crippen LogP contribution in [0.2, 0.25) is 0 Å². The molecule has 1 heterocycles. The number of aromatic nitrogens is 3. The Kier molecular flexibility index (Phi) is 4.70. The van der Waals surface area contributed by atoms with Crippen LogP contribution in [0.4, 0.5) is 0 Å². The summed E-state index contributed by atoms with van der Waals surface area (Å²) in [5.74, 6) is 0. The predicted molar refractivity (Wildman–Crippen MR) is 50.0 cm³/mol. The van der Waals surface area contributed by atoms with Crippen molar-refractivity contribution < 1.29 is 0 Å². The largest absolute Gasteiger partial charge is 0.357 e. The van der Waals surface area contributed by atoms with Gasteiger partial charge < -0.3 is 0 Å². The summed E-state index contributed by atoms with van der Waals surface area (Å²) >= 11 is 5.27. The van der Waals surface area contributed by atoms with Crippen LogP contribution in [0.3, 0.4) is 0 Å². The van der Waals surface area contributed by atoms with Crippen molar-refractivity contribution in [2.75, 3.05) is 0 Å². The first-order chi connectivity index (χ1) is 5.04. The maximum Gasteiger partial charge on any atom is 0.357 e. The molecule has 0 fully saturated rings. The van der Waals surface area contributed by atoms with Gasteiger partial charge in [0.2, 0.25) is 0 Å². The third-order valence-electron chi connectivity index (χ3n) is 0.906. The molecule has 1 radical (unpaired) electrons. The monoisotopic (exact) mass is 308 g/mol. The van der Waals surface area contributed by atoms with Gasteiger partial charge in [0.05, 0.1) is 32.3 Å². The Bertz CT molecular complexity index is 408. The molecule has 0 bridgehead atoms. The van der Waals surface area contributed by atoms with Gasteiger partial charge in [0, 0.05) is 29.6 Å².